The number of benzene rings is 1. The minimum absolute atomic E-state index is 0.288. The highest BCUT2D eigenvalue weighted by Crippen LogP contribution is 2.24. The fourth-order valence-electron chi connectivity index (χ4n) is 2.07. The van der Waals surface area contributed by atoms with E-state index in [-0.39, 0.29) is 5.75 Å². The molecule has 120 valence electrons. The summed E-state index contributed by atoms with van der Waals surface area (Å²) in [6.07, 6.45) is -3.08. The predicted molar refractivity (Wildman–Crippen MR) is 76.9 cm³/mol. The maximum atomic E-state index is 12.1. The van der Waals surface area contributed by atoms with Gasteiger partial charge in [-0.15, -0.1) is 13.2 Å². The van der Waals surface area contributed by atoms with Crippen LogP contribution in [0.2, 0.25) is 0 Å². The summed E-state index contributed by atoms with van der Waals surface area (Å²) < 4.78 is 40.2. The van der Waals surface area contributed by atoms with Gasteiger partial charge in [-0.1, -0.05) is 0 Å². The molecule has 6 nitrogen and oxygen atoms in total. The molecule has 0 aliphatic carbocycles. The van der Waals surface area contributed by atoms with E-state index in [0.29, 0.717) is 22.5 Å². The molecule has 0 aliphatic heterocycles. The topological polar surface area (TPSA) is 64.9 Å². The molecule has 0 unspecified atom stereocenters. The maximum absolute atomic E-state index is 12.1. The molecule has 0 atom stereocenters. The highest BCUT2D eigenvalue weighted by molar-refractivity contribution is 5.77. The summed E-state index contributed by atoms with van der Waals surface area (Å²) in [7, 11) is 0. The van der Waals surface area contributed by atoms with Gasteiger partial charge >= 0.3 is 6.36 Å². The molecule has 0 radical (unpaired) electrons. The van der Waals surface area contributed by atoms with Gasteiger partial charge in [0.15, 0.2) is 0 Å². The molecule has 0 saturated heterocycles. The molecule has 1 aromatic carbocycles. The third kappa shape index (κ3) is 3.33. The third-order valence-corrected chi connectivity index (χ3v) is 3.03. The lowest BCUT2D eigenvalue weighted by atomic mass is 10.3. The Morgan fingerprint density at radius 3 is 2.48 bits per heavy atom. The monoisotopic (exact) mass is 323 g/mol. The summed E-state index contributed by atoms with van der Waals surface area (Å²) in [5.74, 6) is 0.345. The Balaban J connectivity index is 1.85. The van der Waals surface area contributed by atoms with E-state index < -0.39 is 6.36 Å². The molecule has 0 saturated carbocycles. The smallest absolute Gasteiger partial charge is 0.406 e. The summed E-state index contributed by atoms with van der Waals surface area (Å²) in [5, 5.41) is 4.30. The number of alkyl halides is 3. The van der Waals surface area contributed by atoms with E-state index >= 15 is 0 Å². The van der Waals surface area contributed by atoms with Crippen LogP contribution < -0.4 is 10.2 Å². The van der Waals surface area contributed by atoms with Crippen LogP contribution in [0, 0.1) is 13.8 Å². The number of hydrogen-bond donors (Lipinski definition) is 1. The fourth-order valence-corrected chi connectivity index (χ4v) is 2.07. The van der Waals surface area contributed by atoms with E-state index in [1.807, 2.05) is 6.92 Å². The van der Waals surface area contributed by atoms with Crippen molar-refractivity contribution in [1.29, 1.82) is 0 Å². The van der Waals surface area contributed by atoms with Gasteiger partial charge in [0, 0.05) is 0 Å². The number of aromatic nitrogens is 4. The SMILES string of the molecule is Cc1ncc2c(n1)c(C)nn2Nc1ccc(OC(F)(F)F)cc1. The average molecular weight is 323 g/mol. The Morgan fingerprint density at radius 1 is 1.13 bits per heavy atom. The van der Waals surface area contributed by atoms with Gasteiger partial charge in [0.05, 0.1) is 17.6 Å². The van der Waals surface area contributed by atoms with Crippen LogP contribution in [0.15, 0.2) is 30.5 Å². The molecule has 0 fully saturated rings. The van der Waals surface area contributed by atoms with Gasteiger partial charge in [-0.05, 0) is 38.1 Å². The summed E-state index contributed by atoms with van der Waals surface area (Å²) in [6.45, 7) is 3.59. The Kier molecular flexibility index (Phi) is 3.55. The van der Waals surface area contributed by atoms with Crippen LogP contribution in [0.4, 0.5) is 18.9 Å². The van der Waals surface area contributed by atoms with Crippen molar-refractivity contribution in [2.45, 2.75) is 20.2 Å². The van der Waals surface area contributed by atoms with Crippen LogP contribution in [0.25, 0.3) is 11.0 Å². The third-order valence-electron chi connectivity index (χ3n) is 3.03. The number of rotatable bonds is 3. The number of hydrogen-bond acceptors (Lipinski definition) is 5. The first-order valence-corrected chi connectivity index (χ1v) is 6.64. The van der Waals surface area contributed by atoms with Crippen LogP contribution >= 0.6 is 0 Å². The largest absolute Gasteiger partial charge is 0.573 e. The summed E-state index contributed by atoms with van der Waals surface area (Å²) in [6, 6.07) is 5.35. The van der Waals surface area contributed by atoms with E-state index in [0.717, 1.165) is 5.69 Å². The van der Waals surface area contributed by atoms with Crippen molar-refractivity contribution in [3.63, 3.8) is 0 Å². The number of aryl methyl sites for hydroxylation is 2. The fraction of sp³-hybridized carbons (Fsp3) is 0.214. The quantitative estimate of drug-likeness (QED) is 0.802. The van der Waals surface area contributed by atoms with Crippen LogP contribution in [-0.2, 0) is 0 Å². The lowest BCUT2D eigenvalue weighted by molar-refractivity contribution is -0.274. The second kappa shape index (κ2) is 5.41. The summed E-state index contributed by atoms with van der Waals surface area (Å²) in [5.41, 5.74) is 5.61. The highest BCUT2D eigenvalue weighted by Gasteiger charge is 2.30. The van der Waals surface area contributed by atoms with E-state index in [9.17, 15) is 13.2 Å². The zero-order chi connectivity index (χ0) is 16.6. The molecule has 3 rings (SSSR count). The standard InChI is InChI=1S/C14H12F3N5O/c1-8-13-12(7-18-9(2)19-13)22(20-8)21-10-3-5-11(6-4-10)23-14(15,16)17/h3-7,21H,1-2H3. The molecular weight excluding hydrogens is 311 g/mol. The van der Waals surface area contributed by atoms with E-state index in [4.69, 9.17) is 0 Å². The Labute approximate surface area is 128 Å². The zero-order valence-corrected chi connectivity index (χ0v) is 12.2. The molecular formula is C14H12F3N5O. The van der Waals surface area contributed by atoms with Crippen LogP contribution in [0.5, 0.6) is 5.75 Å². The van der Waals surface area contributed by atoms with Gasteiger partial charge < -0.3 is 4.74 Å². The van der Waals surface area contributed by atoms with Crippen molar-refractivity contribution in [1.82, 2.24) is 19.9 Å². The van der Waals surface area contributed by atoms with Gasteiger partial charge in [0.1, 0.15) is 22.6 Å². The second-order valence-electron chi connectivity index (χ2n) is 4.83. The maximum Gasteiger partial charge on any atom is 0.573 e. The Morgan fingerprint density at radius 2 is 1.83 bits per heavy atom. The van der Waals surface area contributed by atoms with E-state index in [2.05, 4.69) is 25.2 Å². The van der Waals surface area contributed by atoms with E-state index in [1.165, 1.54) is 29.1 Å². The van der Waals surface area contributed by atoms with Crippen molar-refractivity contribution in [3.05, 3.63) is 42.0 Å². The normalized spacial score (nSPS) is 11.7. The Hall–Kier alpha value is -2.84. The minimum atomic E-state index is -4.71. The van der Waals surface area contributed by atoms with Crippen molar-refractivity contribution in [2.24, 2.45) is 0 Å². The number of anilines is 1. The number of nitrogens with zero attached hydrogens (tertiary/aromatic N) is 4. The second-order valence-corrected chi connectivity index (χ2v) is 4.83. The summed E-state index contributed by atoms with van der Waals surface area (Å²) >= 11 is 0. The highest BCUT2D eigenvalue weighted by atomic mass is 19.4. The first-order chi connectivity index (χ1) is 10.8. The lowest BCUT2D eigenvalue weighted by Crippen LogP contribution is -2.17. The number of fused-ring (bicyclic) bond motifs is 1. The first kappa shape index (κ1) is 15.1. The number of ether oxygens (including phenoxy) is 1. The van der Waals surface area contributed by atoms with Crippen LogP contribution in [0.1, 0.15) is 11.5 Å². The van der Waals surface area contributed by atoms with Crippen molar-refractivity contribution < 1.29 is 17.9 Å². The Bertz CT molecular complexity index is 842. The first-order valence-electron chi connectivity index (χ1n) is 6.64. The number of halogens is 3. The minimum Gasteiger partial charge on any atom is -0.406 e. The van der Waals surface area contributed by atoms with Crippen molar-refractivity contribution in [3.8, 4) is 5.75 Å². The van der Waals surface area contributed by atoms with Gasteiger partial charge in [0.25, 0.3) is 0 Å². The molecule has 9 heteroatoms. The molecule has 2 aromatic heterocycles. The number of nitrogens with one attached hydrogen (secondary N) is 1. The van der Waals surface area contributed by atoms with E-state index in [1.54, 1.807) is 13.1 Å². The lowest BCUT2D eigenvalue weighted by Gasteiger charge is -2.10. The molecule has 0 aliphatic rings. The molecule has 3 aromatic rings. The predicted octanol–water partition coefficient (Wildman–Crippen LogP) is 3.22. The van der Waals surface area contributed by atoms with Gasteiger partial charge in [-0.2, -0.15) is 9.89 Å². The molecule has 23 heavy (non-hydrogen) atoms. The van der Waals surface area contributed by atoms with Gasteiger partial charge in [-0.25, -0.2) is 9.97 Å². The molecule has 1 N–H and O–H groups in total. The van der Waals surface area contributed by atoms with Crippen LogP contribution in [-0.4, -0.2) is 26.2 Å². The average Bonchev–Trinajstić information content (AvgIpc) is 2.75. The summed E-state index contributed by atoms with van der Waals surface area (Å²) in [4.78, 5) is 9.91. The molecule has 0 bridgehead atoms. The molecule has 2 heterocycles. The molecule has 0 spiro atoms. The van der Waals surface area contributed by atoms with Gasteiger partial charge in [0.2, 0.25) is 0 Å². The molecule has 0 amide bonds. The van der Waals surface area contributed by atoms with Crippen LogP contribution in [0.3, 0.4) is 0 Å². The van der Waals surface area contributed by atoms with Crippen molar-refractivity contribution >= 4 is 16.7 Å². The zero-order valence-electron chi connectivity index (χ0n) is 12.2. The van der Waals surface area contributed by atoms with Gasteiger partial charge in [-0.3, -0.25) is 5.43 Å². The van der Waals surface area contributed by atoms with Crippen molar-refractivity contribution in [2.75, 3.05) is 5.43 Å².